The summed E-state index contributed by atoms with van der Waals surface area (Å²) in [5.41, 5.74) is 1.01. The number of hydrogen-bond acceptors (Lipinski definition) is 4. The molecular formula is C15H21N3O3Si. The first-order valence-corrected chi connectivity index (χ1v) is 10.9. The van der Waals surface area contributed by atoms with Gasteiger partial charge in [-0.25, -0.2) is 0 Å². The van der Waals surface area contributed by atoms with E-state index in [4.69, 9.17) is 12.2 Å². The van der Waals surface area contributed by atoms with Crippen LogP contribution < -0.4 is 10.1 Å². The number of anilines is 1. The summed E-state index contributed by atoms with van der Waals surface area (Å²) in [7, 11) is -1.13. The van der Waals surface area contributed by atoms with Gasteiger partial charge in [0.15, 0.2) is 6.56 Å². The fourth-order valence-corrected chi connectivity index (χ4v) is 2.91. The molecule has 2 aromatic rings. The Hall–Kier alpha value is -1.86. The maximum absolute atomic E-state index is 11.6. The van der Waals surface area contributed by atoms with Crippen molar-refractivity contribution in [2.75, 3.05) is 18.5 Å². The van der Waals surface area contributed by atoms with Gasteiger partial charge in [-0.3, -0.25) is 4.79 Å². The number of hydrogen-bond donors (Lipinski definition) is 1. The van der Waals surface area contributed by atoms with Gasteiger partial charge < -0.3 is 19.4 Å². The first-order valence-electron chi connectivity index (χ1n) is 8.24. The molecule has 1 amide bonds. The SMILES string of the molecule is [2H]C1([2H])Oc2nc3c(ccn3COCC[Si](C)(C)C)cc2NC1=O. The molecular weight excluding hydrogens is 298 g/mol. The van der Waals surface area contributed by atoms with E-state index in [1.165, 1.54) is 0 Å². The van der Waals surface area contributed by atoms with E-state index in [1.807, 2.05) is 16.8 Å². The molecule has 1 aliphatic heterocycles. The minimum atomic E-state index is -2.42. The number of amides is 1. The number of carbonyl (C=O) groups is 1. The lowest BCUT2D eigenvalue weighted by Crippen LogP contribution is -2.26. The van der Waals surface area contributed by atoms with E-state index in [9.17, 15) is 4.79 Å². The predicted octanol–water partition coefficient (Wildman–Crippen LogP) is 2.68. The van der Waals surface area contributed by atoms with Crippen LogP contribution in [0.5, 0.6) is 5.88 Å². The number of carbonyl (C=O) groups excluding carboxylic acids is 1. The second-order valence-corrected chi connectivity index (χ2v) is 12.2. The maximum Gasteiger partial charge on any atom is 0.262 e. The van der Waals surface area contributed by atoms with Crippen molar-refractivity contribution < 1.29 is 17.0 Å². The normalized spacial score (nSPS) is 18.2. The van der Waals surface area contributed by atoms with E-state index < -0.39 is 20.5 Å². The number of nitrogens with one attached hydrogen (secondary N) is 1. The smallest absolute Gasteiger partial charge is 0.262 e. The van der Waals surface area contributed by atoms with E-state index in [-0.39, 0.29) is 5.88 Å². The molecule has 0 aliphatic carbocycles. The van der Waals surface area contributed by atoms with E-state index in [2.05, 4.69) is 29.9 Å². The summed E-state index contributed by atoms with van der Waals surface area (Å²) in [5.74, 6) is -0.751. The minimum absolute atomic E-state index is 0.0779. The predicted molar refractivity (Wildman–Crippen MR) is 88.0 cm³/mol. The average Bonchev–Trinajstić information content (AvgIpc) is 2.83. The lowest BCUT2D eigenvalue weighted by Gasteiger charge is -2.17. The molecule has 6 nitrogen and oxygen atoms in total. The third-order valence-corrected chi connectivity index (χ3v) is 5.12. The van der Waals surface area contributed by atoms with Crippen molar-refractivity contribution in [1.29, 1.82) is 0 Å². The van der Waals surface area contributed by atoms with Crippen LogP contribution >= 0.6 is 0 Å². The molecule has 0 unspecified atom stereocenters. The monoisotopic (exact) mass is 321 g/mol. The van der Waals surface area contributed by atoms with Gasteiger partial charge in [-0.05, 0) is 18.2 Å². The van der Waals surface area contributed by atoms with Crippen molar-refractivity contribution in [3.8, 4) is 5.88 Å². The molecule has 3 rings (SSSR count). The maximum atomic E-state index is 11.6. The zero-order valence-corrected chi connectivity index (χ0v) is 14.0. The van der Waals surface area contributed by atoms with Crippen molar-refractivity contribution in [2.45, 2.75) is 32.4 Å². The quantitative estimate of drug-likeness (QED) is 0.679. The van der Waals surface area contributed by atoms with Gasteiger partial charge in [0.25, 0.3) is 5.91 Å². The molecule has 2 aromatic heterocycles. The summed E-state index contributed by atoms with van der Waals surface area (Å²) in [6.45, 7) is 5.56. The second kappa shape index (κ2) is 5.73. The number of ether oxygens (including phenoxy) is 2. The van der Waals surface area contributed by atoms with Crippen LogP contribution in [-0.4, -0.2) is 36.7 Å². The molecule has 1 aliphatic rings. The molecule has 0 atom stereocenters. The van der Waals surface area contributed by atoms with Gasteiger partial charge in [-0.1, -0.05) is 19.6 Å². The Kier molecular flexibility index (Phi) is 3.30. The van der Waals surface area contributed by atoms with Crippen LogP contribution in [-0.2, 0) is 16.3 Å². The molecule has 0 spiro atoms. The third kappa shape index (κ3) is 3.31. The van der Waals surface area contributed by atoms with Gasteiger partial charge in [0.1, 0.15) is 18.1 Å². The number of nitrogens with zero attached hydrogens (tertiary/aromatic N) is 2. The highest BCUT2D eigenvalue weighted by Crippen LogP contribution is 2.29. The topological polar surface area (TPSA) is 65.4 Å². The highest BCUT2D eigenvalue weighted by Gasteiger charge is 2.19. The van der Waals surface area contributed by atoms with Gasteiger partial charge in [-0.2, -0.15) is 4.98 Å². The summed E-state index contributed by atoms with van der Waals surface area (Å²) in [4.78, 5) is 16.0. The summed E-state index contributed by atoms with van der Waals surface area (Å²) in [6.07, 6.45) is 1.86. The minimum Gasteiger partial charge on any atom is -0.466 e. The summed E-state index contributed by atoms with van der Waals surface area (Å²) in [6, 6.07) is 4.69. The van der Waals surface area contributed by atoms with Gasteiger partial charge in [0.05, 0.1) is 2.74 Å². The zero-order valence-electron chi connectivity index (χ0n) is 15.0. The fraction of sp³-hybridized carbons (Fsp3) is 0.467. The van der Waals surface area contributed by atoms with E-state index in [1.54, 1.807) is 6.07 Å². The lowest BCUT2D eigenvalue weighted by atomic mass is 10.3. The van der Waals surface area contributed by atoms with Gasteiger partial charge in [0, 0.05) is 26.3 Å². The number of rotatable bonds is 5. The van der Waals surface area contributed by atoms with Crippen molar-refractivity contribution in [1.82, 2.24) is 9.55 Å². The second-order valence-electron chi connectivity index (χ2n) is 6.55. The molecule has 0 saturated carbocycles. The fourth-order valence-electron chi connectivity index (χ4n) is 2.15. The Morgan fingerprint density at radius 1 is 1.55 bits per heavy atom. The van der Waals surface area contributed by atoms with Crippen molar-refractivity contribution in [3.63, 3.8) is 0 Å². The zero-order chi connectivity index (χ0) is 17.5. The molecule has 0 saturated heterocycles. The molecule has 118 valence electrons. The van der Waals surface area contributed by atoms with Crippen molar-refractivity contribution >= 4 is 30.7 Å². The Bertz CT molecular complexity index is 786. The first kappa shape index (κ1) is 12.7. The average molecular weight is 321 g/mol. The van der Waals surface area contributed by atoms with E-state index >= 15 is 0 Å². The van der Waals surface area contributed by atoms with Crippen LogP contribution in [0.4, 0.5) is 5.69 Å². The molecule has 7 heteroatoms. The Labute approximate surface area is 133 Å². The summed E-state index contributed by atoms with van der Waals surface area (Å²) < 4.78 is 27.8. The van der Waals surface area contributed by atoms with Gasteiger partial charge >= 0.3 is 0 Å². The molecule has 1 N–H and O–H groups in total. The first-order chi connectivity index (χ1) is 11.2. The molecule has 0 aromatic carbocycles. The highest BCUT2D eigenvalue weighted by atomic mass is 28.3. The Balaban J connectivity index is 1.79. The van der Waals surface area contributed by atoms with Crippen LogP contribution in [0.3, 0.4) is 0 Å². The van der Waals surface area contributed by atoms with Crippen molar-refractivity contribution in [3.05, 3.63) is 18.3 Å². The highest BCUT2D eigenvalue weighted by molar-refractivity contribution is 6.76. The largest absolute Gasteiger partial charge is 0.466 e. The number of fused-ring (bicyclic) bond motifs is 2. The summed E-state index contributed by atoms with van der Waals surface area (Å²) >= 11 is 0. The molecule has 22 heavy (non-hydrogen) atoms. The third-order valence-electron chi connectivity index (χ3n) is 3.42. The Morgan fingerprint density at radius 2 is 2.36 bits per heavy atom. The van der Waals surface area contributed by atoms with Crippen LogP contribution in [0.15, 0.2) is 18.3 Å². The van der Waals surface area contributed by atoms with Gasteiger partial charge in [0.2, 0.25) is 5.88 Å². The molecule has 0 fully saturated rings. The number of pyridine rings is 1. The van der Waals surface area contributed by atoms with Crippen LogP contribution in [0.1, 0.15) is 2.74 Å². The van der Waals surface area contributed by atoms with Crippen LogP contribution in [0.25, 0.3) is 11.0 Å². The van der Waals surface area contributed by atoms with Crippen LogP contribution in [0, 0.1) is 0 Å². The standard InChI is InChI=1S/C15H21N3O3Si/c1-22(2,3)7-6-20-10-18-5-4-11-8-12-15(17-14(11)18)21-9-13(19)16-12/h4-5,8H,6-7,9-10H2,1-3H3,(H,16,19)/i9D2. The van der Waals surface area contributed by atoms with Crippen LogP contribution in [0.2, 0.25) is 25.7 Å². The van der Waals surface area contributed by atoms with E-state index in [0.29, 0.717) is 24.7 Å². The van der Waals surface area contributed by atoms with Gasteiger partial charge in [-0.15, -0.1) is 0 Å². The number of aromatic nitrogens is 2. The molecule has 0 radical (unpaired) electrons. The Morgan fingerprint density at radius 3 is 3.14 bits per heavy atom. The van der Waals surface area contributed by atoms with E-state index in [0.717, 1.165) is 11.4 Å². The van der Waals surface area contributed by atoms with Crippen molar-refractivity contribution in [2.24, 2.45) is 0 Å². The lowest BCUT2D eigenvalue weighted by molar-refractivity contribution is -0.118. The summed E-state index contributed by atoms with van der Waals surface area (Å²) in [5, 5.41) is 3.31. The molecule has 0 bridgehead atoms. The molecule has 3 heterocycles.